The van der Waals surface area contributed by atoms with Gasteiger partial charge in [-0.25, -0.2) is 9.97 Å². The number of rotatable bonds is 8. The minimum Gasteiger partial charge on any atom is -0.491 e. The SMILES string of the molecule is CCC[C@@H](O)COc1ccc(Cl)c(-c2nc(-c3c(C)noc3C)c(Cl)c(N3Cc4cccnc4C3)n2)c1. The molecule has 5 rings (SSSR count). The number of aromatic nitrogens is 4. The van der Waals surface area contributed by atoms with Crippen LogP contribution in [0, 0.1) is 13.8 Å². The maximum Gasteiger partial charge on any atom is 0.163 e. The summed E-state index contributed by atoms with van der Waals surface area (Å²) >= 11 is 13.6. The Bertz CT molecular complexity index is 1400. The first-order valence-electron chi connectivity index (χ1n) is 12.1. The second-order valence-electron chi connectivity index (χ2n) is 9.09. The molecule has 0 aliphatic carbocycles. The number of benzene rings is 1. The van der Waals surface area contributed by atoms with E-state index in [1.54, 1.807) is 24.4 Å². The summed E-state index contributed by atoms with van der Waals surface area (Å²) in [7, 11) is 0. The Hall–Kier alpha value is -3.20. The molecule has 0 unspecified atom stereocenters. The highest BCUT2D eigenvalue weighted by Gasteiger charge is 2.28. The summed E-state index contributed by atoms with van der Waals surface area (Å²) in [6.07, 6.45) is 2.78. The molecule has 0 saturated heterocycles. The number of nitrogens with zero attached hydrogens (tertiary/aromatic N) is 5. The highest BCUT2D eigenvalue weighted by atomic mass is 35.5. The highest BCUT2D eigenvalue weighted by molar-refractivity contribution is 6.36. The van der Waals surface area contributed by atoms with Crippen LogP contribution in [0.15, 0.2) is 41.1 Å². The zero-order valence-electron chi connectivity index (χ0n) is 20.8. The molecule has 1 aliphatic heterocycles. The Kier molecular flexibility index (Phi) is 7.33. The largest absolute Gasteiger partial charge is 0.491 e. The number of fused-ring (bicyclic) bond motifs is 1. The molecule has 0 fully saturated rings. The fraction of sp³-hybridized carbons (Fsp3) is 0.333. The Morgan fingerprint density at radius 1 is 1.16 bits per heavy atom. The minimum absolute atomic E-state index is 0.186. The molecule has 1 aliphatic rings. The van der Waals surface area contributed by atoms with Crippen LogP contribution in [0.1, 0.15) is 42.5 Å². The van der Waals surface area contributed by atoms with Gasteiger partial charge in [-0.2, -0.15) is 0 Å². The molecule has 0 bridgehead atoms. The van der Waals surface area contributed by atoms with E-state index < -0.39 is 6.10 Å². The zero-order chi connectivity index (χ0) is 26.1. The van der Waals surface area contributed by atoms with Crippen molar-refractivity contribution < 1.29 is 14.4 Å². The van der Waals surface area contributed by atoms with Crippen LogP contribution in [0.3, 0.4) is 0 Å². The summed E-state index contributed by atoms with van der Waals surface area (Å²) in [5.41, 5.74) is 4.60. The number of aryl methyl sites for hydroxylation is 2. The molecule has 0 spiro atoms. The molecule has 0 radical (unpaired) electrons. The summed E-state index contributed by atoms with van der Waals surface area (Å²) in [6.45, 7) is 7.07. The van der Waals surface area contributed by atoms with Crippen LogP contribution in [0.2, 0.25) is 10.0 Å². The van der Waals surface area contributed by atoms with Gasteiger partial charge in [-0.3, -0.25) is 4.98 Å². The molecule has 4 aromatic rings. The quantitative estimate of drug-likeness (QED) is 0.283. The van der Waals surface area contributed by atoms with E-state index in [2.05, 4.69) is 21.1 Å². The minimum atomic E-state index is -0.543. The first-order valence-corrected chi connectivity index (χ1v) is 12.9. The van der Waals surface area contributed by atoms with E-state index in [0.717, 1.165) is 23.2 Å². The second kappa shape index (κ2) is 10.7. The zero-order valence-corrected chi connectivity index (χ0v) is 22.3. The lowest BCUT2D eigenvalue weighted by atomic mass is 10.1. The van der Waals surface area contributed by atoms with E-state index >= 15 is 0 Å². The number of anilines is 1. The third-order valence-electron chi connectivity index (χ3n) is 6.33. The van der Waals surface area contributed by atoms with Gasteiger partial charge < -0.3 is 19.3 Å². The number of halogens is 2. The van der Waals surface area contributed by atoms with Crippen LogP contribution in [0.5, 0.6) is 5.75 Å². The molecule has 192 valence electrons. The van der Waals surface area contributed by atoms with Gasteiger partial charge in [0.1, 0.15) is 28.8 Å². The number of aliphatic hydroxyl groups is 1. The molecule has 0 amide bonds. The number of hydrogen-bond donors (Lipinski definition) is 1. The Morgan fingerprint density at radius 3 is 2.73 bits per heavy atom. The summed E-state index contributed by atoms with van der Waals surface area (Å²) in [5, 5.41) is 15.1. The van der Waals surface area contributed by atoms with Crippen molar-refractivity contribution in [3.63, 3.8) is 0 Å². The molecular weight excluding hydrogens is 513 g/mol. The Labute approximate surface area is 225 Å². The monoisotopic (exact) mass is 539 g/mol. The summed E-state index contributed by atoms with van der Waals surface area (Å²) in [6, 6.07) is 9.26. The lowest BCUT2D eigenvalue weighted by molar-refractivity contribution is 0.0994. The summed E-state index contributed by atoms with van der Waals surface area (Å²) < 4.78 is 11.3. The third-order valence-corrected chi connectivity index (χ3v) is 7.01. The van der Waals surface area contributed by atoms with Gasteiger partial charge in [0.25, 0.3) is 0 Å². The van der Waals surface area contributed by atoms with Gasteiger partial charge in [-0.1, -0.05) is 47.8 Å². The molecule has 1 aromatic carbocycles. The van der Waals surface area contributed by atoms with Gasteiger partial charge >= 0.3 is 0 Å². The van der Waals surface area contributed by atoms with Crippen LogP contribution >= 0.6 is 23.2 Å². The standard InChI is InChI=1S/C27H27Cl2N5O3/c1-4-6-18(35)14-36-19-8-9-21(28)20(11-19)26-31-25(23-15(2)33-37-16(23)3)24(29)27(32-26)34-12-17-7-5-10-30-22(17)13-34/h5,7-11,18,35H,4,6,12-14H2,1-3H3/t18-/m1/s1. The van der Waals surface area contributed by atoms with Crippen LogP contribution in [-0.4, -0.2) is 37.9 Å². The number of pyridine rings is 1. The van der Waals surface area contributed by atoms with Crippen molar-refractivity contribution in [3.05, 3.63) is 69.3 Å². The van der Waals surface area contributed by atoms with E-state index in [1.807, 2.05) is 26.8 Å². The van der Waals surface area contributed by atoms with E-state index in [1.165, 1.54) is 0 Å². The Balaban J connectivity index is 1.60. The second-order valence-corrected chi connectivity index (χ2v) is 9.88. The molecule has 8 nitrogen and oxygen atoms in total. The maximum absolute atomic E-state index is 10.1. The average Bonchev–Trinajstić information content (AvgIpc) is 3.46. The van der Waals surface area contributed by atoms with Gasteiger partial charge in [0.2, 0.25) is 0 Å². The number of ether oxygens (including phenoxy) is 1. The van der Waals surface area contributed by atoms with Crippen molar-refractivity contribution in [1.29, 1.82) is 0 Å². The lowest BCUT2D eigenvalue weighted by Gasteiger charge is -2.21. The van der Waals surface area contributed by atoms with E-state index in [0.29, 0.717) is 69.7 Å². The van der Waals surface area contributed by atoms with Crippen molar-refractivity contribution in [2.24, 2.45) is 0 Å². The van der Waals surface area contributed by atoms with Crippen LogP contribution < -0.4 is 9.64 Å². The van der Waals surface area contributed by atoms with Crippen LogP contribution in [0.25, 0.3) is 22.6 Å². The molecule has 1 atom stereocenters. The predicted molar refractivity (Wildman–Crippen MR) is 143 cm³/mol. The first-order chi connectivity index (χ1) is 17.9. The van der Waals surface area contributed by atoms with Gasteiger partial charge in [-0.15, -0.1) is 0 Å². The normalized spacial score (nSPS) is 13.6. The van der Waals surface area contributed by atoms with E-state index in [-0.39, 0.29) is 6.61 Å². The van der Waals surface area contributed by atoms with Crippen molar-refractivity contribution in [1.82, 2.24) is 20.1 Å². The molecule has 3 aromatic heterocycles. The third kappa shape index (κ3) is 5.14. The predicted octanol–water partition coefficient (Wildman–Crippen LogP) is 6.18. The topological polar surface area (TPSA) is 97.4 Å². The fourth-order valence-corrected chi connectivity index (χ4v) is 4.98. The van der Waals surface area contributed by atoms with E-state index in [4.69, 9.17) is 42.4 Å². The summed E-state index contributed by atoms with van der Waals surface area (Å²) in [4.78, 5) is 16.3. The van der Waals surface area contributed by atoms with Crippen molar-refractivity contribution in [2.75, 3.05) is 11.5 Å². The number of aliphatic hydroxyl groups excluding tert-OH is 1. The maximum atomic E-state index is 10.1. The first kappa shape index (κ1) is 25.4. The highest BCUT2D eigenvalue weighted by Crippen LogP contribution is 2.41. The average molecular weight is 540 g/mol. The Morgan fingerprint density at radius 2 is 2.00 bits per heavy atom. The fourth-order valence-electron chi connectivity index (χ4n) is 4.48. The lowest BCUT2D eigenvalue weighted by Crippen LogP contribution is -2.18. The molecule has 4 heterocycles. The number of hydrogen-bond acceptors (Lipinski definition) is 8. The van der Waals surface area contributed by atoms with Crippen LogP contribution in [-0.2, 0) is 13.1 Å². The van der Waals surface area contributed by atoms with Gasteiger partial charge in [-0.05, 0) is 50.1 Å². The van der Waals surface area contributed by atoms with Gasteiger partial charge in [0, 0.05) is 18.3 Å². The molecule has 10 heteroatoms. The van der Waals surface area contributed by atoms with Crippen molar-refractivity contribution in [3.8, 4) is 28.4 Å². The molecule has 1 N–H and O–H groups in total. The smallest absolute Gasteiger partial charge is 0.163 e. The van der Waals surface area contributed by atoms with Gasteiger partial charge in [0.15, 0.2) is 11.6 Å². The summed E-state index contributed by atoms with van der Waals surface area (Å²) in [5.74, 6) is 2.13. The van der Waals surface area contributed by atoms with E-state index in [9.17, 15) is 5.11 Å². The van der Waals surface area contributed by atoms with Crippen molar-refractivity contribution in [2.45, 2.75) is 52.8 Å². The molecule has 0 saturated carbocycles. The molecule has 37 heavy (non-hydrogen) atoms. The van der Waals surface area contributed by atoms with Crippen LogP contribution in [0.4, 0.5) is 5.82 Å². The van der Waals surface area contributed by atoms with Gasteiger partial charge in [0.05, 0.1) is 34.6 Å². The molecular formula is C27H27Cl2N5O3. The van der Waals surface area contributed by atoms with Crippen molar-refractivity contribution >= 4 is 29.0 Å².